The van der Waals surface area contributed by atoms with Crippen molar-refractivity contribution in [1.29, 1.82) is 0 Å². The average Bonchev–Trinajstić information content (AvgIpc) is 2.75. The van der Waals surface area contributed by atoms with Crippen LogP contribution in [0.4, 0.5) is 0 Å². The molecule has 0 radical (unpaired) electrons. The van der Waals surface area contributed by atoms with Crippen LogP contribution in [0.5, 0.6) is 0 Å². The molecule has 0 saturated heterocycles. The van der Waals surface area contributed by atoms with Crippen LogP contribution in [0.25, 0.3) is 11.1 Å². The lowest BCUT2D eigenvalue weighted by atomic mass is 10.1. The van der Waals surface area contributed by atoms with E-state index >= 15 is 0 Å². The zero-order valence-electron chi connectivity index (χ0n) is 9.36. The van der Waals surface area contributed by atoms with Gasteiger partial charge in [0.05, 0.1) is 20.1 Å². The summed E-state index contributed by atoms with van der Waals surface area (Å²) in [5.41, 5.74) is 1.69. The van der Waals surface area contributed by atoms with Gasteiger partial charge in [0.25, 0.3) is 0 Å². The normalized spacial score (nSPS) is 10.9. The average molecular weight is 341 g/mol. The maximum absolute atomic E-state index is 6.21. The number of hydrogen-bond acceptors (Lipinski definition) is 2. The SMILES string of the molecule is CNCc1cc(-c2c(Cl)cc(Cl)c(Cl)c2Cl)cs1. The Morgan fingerprint density at radius 1 is 1.06 bits per heavy atom. The highest BCUT2D eigenvalue weighted by Gasteiger charge is 2.16. The summed E-state index contributed by atoms with van der Waals surface area (Å²) in [6.07, 6.45) is 0. The lowest BCUT2D eigenvalue weighted by Gasteiger charge is -2.08. The van der Waals surface area contributed by atoms with Crippen LogP contribution < -0.4 is 5.32 Å². The Morgan fingerprint density at radius 3 is 2.44 bits per heavy atom. The summed E-state index contributed by atoms with van der Waals surface area (Å²) in [6.45, 7) is 0.807. The summed E-state index contributed by atoms with van der Waals surface area (Å²) in [5, 5.41) is 6.69. The van der Waals surface area contributed by atoms with Crippen molar-refractivity contribution in [2.45, 2.75) is 6.54 Å². The molecule has 2 rings (SSSR count). The molecule has 0 unspecified atom stereocenters. The molecule has 0 aliphatic rings. The van der Waals surface area contributed by atoms with Crippen LogP contribution in [0, 0.1) is 0 Å². The van der Waals surface area contributed by atoms with E-state index in [4.69, 9.17) is 46.4 Å². The highest BCUT2D eigenvalue weighted by Crippen LogP contribution is 2.44. The summed E-state index contributed by atoms with van der Waals surface area (Å²) >= 11 is 26.0. The van der Waals surface area contributed by atoms with Gasteiger partial charge in [0.2, 0.25) is 0 Å². The summed E-state index contributed by atoms with van der Waals surface area (Å²) in [6, 6.07) is 3.65. The molecule has 18 heavy (non-hydrogen) atoms. The minimum absolute atomic E-state index is 0.332. The second-order valence-corrected chi connectivity index (χ2v) is 6.24. The molecule has 96 valence electrons. The lowest BCUT2D eigenvalue weighted by molar-refractivity contribution is 0.831. The van der Waals surface area contributed by atoms with Gasteiger partial charge >= 0.3 is 0 Å². The fraction of sp³-hybridized carbons (Fsp3) is 0.167. The van der Waals surface area contributed by atoms with Gasteiger partial charge in [0, 0.05) is 17.0 Å². The van der Waals surface area contributed by atoms with E-state index in [1.165, 1.54) is 4.88 Å². The number of benzene rings is 1. The van der Waals surface area contributed by atoms with Crippen molar-refractivity contribution in [3.8, 4) is 11.1 Å². The molecule has 0 fully saturated rings. The molecule has 1 heterocycles. The first kappa shape index (κ1) is 14.4. The van der Waals surface area contributed by atoms with E-state index in [9.17, 15) is 0 Å². The molecule has 1 aromatic carbocycles. The van der Waals surface area contributed by atoms with Crippen LogP contribution in [0.2, 0.25) is 20.1 Å². The van der Waals surface area contributed by atoms with Crippen LogP contribution in [0.1, 0.15) is 4.88 Å². The van der Waals surface area contributed by atoms with Crippen LogP contribution in [-0.4, -0.2) is 7.05 Å². The van der Waals surface area contributed by atoms with Crippen molar-refractivity contribution < 1.29 is 0 Å². The Hall–Kier alpha value is 0.0400. The highest BCUT2D eigenvalue weighted by atomic mass is 35.5. The van der Waals surface area contributed by atoms with Gasteiger partial charge in [0.15, 0.2) is 0 Å². The minimum Gasteiger partial charge on any atom is -0.315 e. The van der Waals surface area contributed by atoms with Gasteiger partial charge in [-0.3, -0.25) is 0 Å². The van der Waals surface area contributed by atoms with Gasteiger partial charge in [-0.2, -0.15) is 0 Å². The van der Waals surface area contributed by atoms with E-state index in [0.29, 0.717) is 20.1 Å². The summed E-state index contributed by atoms with van der Waals surface area (Å²) in [5.74, 6) is 0. The predicted octanol–water partition coefficient (Wildman–Crippen LogP) is 5.75. The van der Waals surface area contributed by atoms with Gasteiger partial charge in [-0.05, 0) is 30.1 Å². The molecule has 0 spiro atoms. The topological polar surface area (TPSA) is 12.0 Å². The summed E-state index contributed by atoms with van der Waals surface area (Å²) in [7, 11) is 1.90. The van der Waals surface area contributed by atoms with Gasteiger partial charge in [-0.25, -0.2) is 0 Å². The fourth-order valence-electron chi connectivity index (χ4n) is 1.61. The maximum atomic E-state index is 6.21. The largest absolute Gasteiger partial charge is 0.315 e. The number of nitrogens with one attached hydrogen (secondary N) is 1. The van der Waals surface area contributed by atoms with Crippen molar-refractivity contribution in [2.75, 3.05) is 7.05 Å². The second kappa shape index (κ2) is 6.00. The first-order valence-electron chi connectivity index (χ1n) is 5.10. The van der Waals surface area contributed by atoms with E-state index in [1.807, 2.05) is 18.5 Å². The van der Waals surface area contributed by atoms with E-state index in [-0.39, 0.29) is 0 Å². The smallest absolute Gasteiger partial charge is 0.0785 e. The van der Waals surface area contributed by atoms with Crippen molar-refractivity contribution in [2.24, 2.45) is 0 Å². The van der Waals surface area contributed by atoms with Crippen molar-refractivity contribution >= 4 is 57.7 Å². The molecule has 1 aromatic heterocycles. The first-order valence-corrected chi connectivity index (χ1v) is 7.49. The van der Waals surface area contributed by atoms with Gasteiger partial charge < -0.3 is 5.32 Å². The Morgan fingerprint density at radius 2 is 1.78 bits per heavy atom. The third kappa shape index (κ3) is 2.79. The Bertz CT molecular complexity index is 580. The van der Waals surface area contributed by atoms with Crippen molar-refractivity contribution in [3.63, 3.8) is 0 Å². The molecule has 0 aliphatic heterocycles. The number of rotatable bonds is 3. The van der Waals surface area contributed by atoms with E-state index in [1.54, 1.807) is 17.4 Å². The maximum Gasteiger partial charge on any atom is 0.0785 e. The Balaban J connectivity index is 2.53. The summed E-state index contributed by atoms with van der Waals surface area (Å²) < 4.78 is 0. The van der Waals surface area contributed by atoms with Crippen LogP contribution >= 0.6 is 57.7 Å². The highest BCUT2D eigenvalue weighted by molar-refractivity contribution is 7.10. The van der Waals surface area contributed by atoms with Gasteiger partial charge in [0.1, 0.15) is 0 Å². The number of halogens is 4. The standard InChI is InChI=1S/C12H9Cl4NS/c1-17-4-7-2-6(5-18-7)10-8(13)3-9(14)11(15)12(10)16/h2-3,5,17H,4H2,1H3. The second-order valence-electron chi connectivity index (χ2n) is 3.68. The van der Waals surface area contributed by atoms with E-state index in [0.717, 1.165) is 17.7 Å². The number of hydrogen-bond donors (Lipinski definition) is 1. The third-order valence-corrected chi connectivity index (χ3v) is 4.90. The third-order valence-electron chi connectivity index (χ3n) is 2.41. The van der Waals surface area contributed by atoms with Gasteiger partial charge in [-0.15, -0.1) is 11.3 Å². The summed E-state index contributed by atoms with van der Waals surface area (Å²) in [4.78, 5) is 1.20. The lowest BCUT2D eigenvalue weighted by Crippen LogP contribution is -2.02. The molecule has 0 bridgehead atoms. The van der Waals surface area contributed by atoms with Crippen molar-refractivity contribution in [3.05, 3.63) is 42.5 Å². The van der Waals surface area contributed by atoms with Crippen LogP contribution in [0.3, 0.4) is 0 Å². The van der Waals surface area contributed by atoms with Crippen molar-refractivity contribution in [1.82, 2.24) is 5.32 Å². The molecular formula is C12H9Cl4NS. The zero-order valence-corrected chi connectivity index (χ0v) is 13.2. The monoisotopic (exact) mass is 339 g/mol. The molecule has 1 N–H and O–H groups in total. The fourth-order valence-corrected chi connectivity index (χ4v) is 3.63. The number of thiophene rings is 1. The molecule has 6 heteroatoms. The molecule has 2 aromatic rings. The van der Waals surface area contributed by atoms with Crippen LogP contribution in [0.15, 0.2) is 17.5 Å². The minimum atomic E-state index is 0.332. The first-order chi connectivity index (χ1) is 8.54. The molecule has 1 nitrogen and oxygen atoms in total. The molecule has 0 atom stereocenters. The van der Waals surface area contributed by atoms with E-state index in [2.05, 4.69) is 5.32 Å². The Labute approximate surface area is 130 Å². The van der Waals surface area contributed by atoms with Crippen LogP contribution in [-0.2, 0) is 6.54 Å². The molecule has 0 aliphatic carbocycles. The molecular weight excluding hydrogens is 332 g/mol. The predicted molar refractivity (Wildman–Crippen MR) is 82.6 cm³/mol. The van der Waals surface area contributed by atoms with E-state index < -0.39 is 0 Å². The molecule has 0 amide bonds. The Kier molecular flexibility index (Phi) is 4.81. The quantitative estimate of drug-likeness (QED) is 0.554. The van der Waals surface area contributed by atoms with Gasteiger partial charge in [-0.1, -0.05) is 46.4 Å². The zero-order chi connectivity index (χ0) is 13.3. The molecule has 0 saturated carbocycles.